The van der Waals surface area contributed by atoms with Crippen LogP contribution in [0.5, 0.6) is 17.2 Å². The van der Waals surface area contributed by atoms with E-state index in [1.165, 1.54) is 39.4 Å². The maximum Gasteiger partial charge on any atom is 0.242 e. The van der Waals surface area contributed by atoms with Crippen LogP contribution >= 0.6 is 0 Å². The van der Waals surface area contributed by atoms with Gasteiger partial charge in [0.15, 0.2) is 11.5 Å². The number of sulfonamides is 1. The van der Waals surface area contributed by atoms with Gasteiger partial charge in [0.1, 0.15) is 5.75 Å². The number of anilines is 1. The molecule has 2 rings (SSSR count). The van der Waals surface area contributed by atoms with Gasteiger partial charge in [0, 0.05) is 20.5 Å². The second-order valence-corrected chi connectivity index (χ2v) is 8.68. The first-order chi connectivity index (χ1) is 14.3. The standard InChI is InChI=1S/C21H28N2O6S/c1-5-28-19-9-6-7-10-20(19)29-14-8-11-21(24)22-17-15-16(12-13-18(17)27-4)30(25,26)23(2)3/h6-7,9-10,12-13,15H,5,8,11,14H2,1-4H3,(H,22,24). The van der Waals surface area contributed by atoms with Crippen molar-refractivity contribution in [2.75, 3.05) is 39.7 Å². The van der Waals surface area contributed by atoms with Gasteiger partial charge in [-0.2, -0.15) is 0 Å². The summed E-state index contributed by atoms with van der Waals surface area (Å²) >= 11 is 0. The van der Waals surface area contributed by atoms with Crippen molar-refractivity contribution in [3.63, 3.8) is 0 Å². The van der Waals surface area contributed by atoms with Crippen LogP contribution in [0.4, 0.5) is 5.69 Å². The smallest absolute Gasteiger partial charge is 0.242 e. The highest BCUT2D eigenvalue weighted by Crippen LogP contribution is 2.29. The van der Waals surface area contributed by atoms with Gasteiger partial charge in [-0.1, -0.05) is 12.1 Å². The molecule has 0 unspecified atom stereocenters. The molecule has 30 heavy (non-hydrogen) atoms. The molecular formula is C21H28N2O6S. The van der Waals surface area contributed by atoms with Crippen molar-refractivity contribution in [1.82, 2.24) is 4.31 Å². The van der Waals surface area contributed by atoms with E-state index in [4.69, 9.17) is 14.2 Å². The average Bonchev–Trinajstić information content (AvgIpc) is 2.72. The summed E-state index contributed by atoms with van der Waals surface area (Å²) in [6, 6.07) is 11.7. The molecule has 0 atom stereocenters. The van der Waals surface area contributed by atoms with Crippen LogP contribution in [-0.2, 0) is 14.8 Å². The summed E-state index contributed by atoms with van der Waals surface area (Å²) < 4.78 is 42.2. The fourth-order valence-electron chi connectivity index (χ4n) is 2.63. The molecule has 1 N–H and O–H groups in total. The van der Waals surface area contributed by atoms with Crippen molar-refractivity contribution in [2.24, 2.45) is 0 Å². The van der Waals surface area contributed by atoms with E-state index < -0.39 is 10.0 Å². The molecule has 0 heterocycles. The molecule has 2 aromatic carbocycles. The Balaban J connectivity index is 1.96. The van der Waals surface area contributed by atoms with E-state index in [1.54, 1.807) is 0 Å². The predicted molar refractivity (Wildman–Crippen MR) is 115 cm³/mol. The number of amides is 1. The fourth-order valence-corrected chi connectivity index (χ4v) is 3.56. The van der Waals surface area contributed by atoms with E-state index >= 15 is 0 Å². The Labute approximate surface area is 177 Å². The Kier molecular flexibility index (Phi) is 8.49. The van der Waals surface area contributed by atoms with E-state index in [0.29, 0.717) is 42.6 Å². The third kappa shape index (κ3) is 6.11. The van der Waals surface area contributed by atoms with Crippen molar-refractivity contribution in [2.45, 2.75) is 24.7 Å². The summed E-state index contributed by atoms with van der Waals surface area (Å²) in [6.07, 6.45) is 0.676. The topological polar surface area (TPSA) is 94.2 Å². The summed E-state index contributed by atoms with van der Waals surface area (Å²) in [5.74, 6) is 1.40. The summed E-state index contributed by atoms with van der Waals surface area (Å²) in [6.45, 7) is 2.77. The lowest BCUT2D eigenvalue weighted by Gasteiger charge is -2.15. The number of carbonyl (C=O) groups excluding carboxylic acids is 1. The number of hydrogen-bond donors (Lipinski definition) is 1. The molecule has 0 aliphatic carbocycles. The molecule has 8 nitrogen and oxygen atoms in total. The Bertz CT molecular complexity index is 960. The van der Waals surface area contributed by atoms with Crippen LogP contribution in [-0.4, -0.2) is 53.0 Å². The maximum absolute atomic E-state index is 12.3. The highest BCUT2D eigenvalue weighted by Gasteiger charge is 2.19. The van der Waals surface area contributed by atoms with E-state index in [0.717, 1.165) is 4.31 Å². The number of benzene rings is 2. The van der Waals surface area contributed by atoms with Crippen LogP contribution in [0.25, 0.3) is 0 Å². The minimum Gasteiger partial charge on any atom is -0.495 e. The Morgan fingerprint density at radius 1 is 1.03 bits per heavy atom. The van der Waals surface area contributed by atoms with Gasteiger partial charge in [0.05, 0.1) is 30.9 Å². The molecule has 0 radical (unpaired) electrons. The number of ether oxygens (including phenoxy) is 3. The lowest BCUT2D eigenvalue weighted by Crippen LogP contribution is -2.22. The van der Waals surface area contributed by atoms with Crippen LogP contribution in [0, 0.1) is 0 Å². The van der Waals surface area contributed by atoms with Gasteiger partial charge < -0.3 is 19.5 Å². The first kappa shape index (κ1) is 23.5. The van der Waals surface area contributed by atoms with Crippen LogP contribution in [0.3, 0.4) is 0 Å². The molecule has 0 aromatic heterocycles. The number of para-hydroxylation sites is 2. The van der Waals surface area contributed by atoms with Crippen LogP contribution in [0.1, 0.15) is 19.8 Å². The molecule has 0 saturated heterocycles. The maximum atomic E-state index is 12.3. The summed E-state index contributed by atoms with van der Waals surface area (Å²) in [5.41, 5.74) is 0.299. The Morgan fingerprint density at radius 3 is 2.30 bits per heavy atom. The largest absolute Gasteiger partial charge is 0.495 e. The van der Waals surface area contributed by atoms with Crippen molar-refractivity contribution in [1.29, 1.82) is 0 Å². The van der Waals surface area contributed by atoms with Gasteiger partial charge in [-0.25, -0.2) is 12.7 Å². The number of hydrogen-bond acceptors (Lipinski definition) is 6. The number of carbonyl (C=O) groups is 1. The summed E-state index contributed by atoms with van der Waals surface area (Å²) in [4.78, 5) is 12.4. The molecular weight excluding hydrogens is 408 g/mol. The minimum absolute atomic E-state index is 0.0689. The second-order valence-electron chi connectivity index (χ2n) is 6.53. The number of nitrogens with one attached hydrogen (secondary N) is 1. The van der Waals surface area contributed by atoms with E-state index in [9.17, 15) is 13.2 Å². The highest BCUT2D eigenvalue weighted by atomic mass is 32.2. The van der Waals surface area contributed by atoms with Gasteiger partial charge in [-0.15, -0.1) is 0 Å². The molecule has 0 aliphatic heterocycles. The SMILES string of the molecule is CCOc1ccccc1OCCCC(=O)Nc1cc(S(=O)(=O)N(C)C)ccc1OC. The molecule has 0 spiro atoms. The van der Waals surface area contributed by atoms with Crippen molar-refractivity contribution in [3.05, 3.63) is 42.5 Å². The fraction of sp³-hybridized carbons (Fsp3) is 0.381. The van der Waals surface area contributed by atoms with Gasteiger partial charge in [-0.3, -0.25) is 4.79 Å². The lowest BCUT2D eigenvalue weighted by atomic mass is 10.2. The number of nitrogens with zero attached hydrogens (tertiary/aromatic N) is 1. The second kappa shape index (κ2) is 10.8. The van der Waals surface area contributed by atoms with Gasteiger partial charge in [-0.05, 0) is 43.7 Å². The van der Waals surface area contributed by atoms with Gasteiger partial charge >= 0.3 is 0 Å². The third-order valence-corrected chi connectivity index (χ3v) is 5.99. The van der Waals surface area contributed by atoms with Crippen LogP contribution < -0.4 is 19.5 Å². The van der Waals surface area contributed by atoms with E-state index in [-0.39, 0.29) is 17.2 Å². The highest BCUT2D eigenvalue weighted by molar-refractivity contribution is 7.89. The summed E-state index contributed by atoms with van der Waals surface area (Å²) in [7, 11) is 0.719. The number of methoxy groups -OCH3 is 1. The molecule has 0 saturated carbocycles. The van der Waals surface area contributed by atoms with Crippen LogP contribution in [0.2, 0.25) is 0 Å². The molecule has 2 aromatic rings. The Morgan fingerprint density at radius 2 is 1.70 bits per heavy atom. The first-order valence-electron chi connectivity index (χ1n) is 9.54. The lowest BCUT2D eigenvalue weighted by molar-refractivity contribution is -0.116. The van der Waals surface area contributed by atoms with Crippen molar-refractivity contribution >= 4 is 21.6 Å². The monoisotopic (exact) mass is 436 g/mol. The predicted octanol–water partition coefficient (Wildman–Crippen LogP) is 3.14. The zero-order valence-corrected chi connectivity index (χ0v) is 18.5. The van der Waals surface area contributed by atoms with Gasteiger partial charge in [0.2, 0.25) is 15.9 Å². The minimum atomic E-state index is -3.63. The molecule has 164 valence electrons. The molecule has 0 fully saturated rings. The summed E-state index contributed by atoms with van der Waals surface area (Å²) in [5, 5.41) is 2.72. The normalized spacial score (nSPS) is 11.2. The first-order valence-corrected chi connectivity index (χ1v) is 11.0. The molecule has 0 bridgehead atoms. The molecule has 1 amide bonds. The third-order valence-electron chi connectivity index (χ3n) is 4.18. The van der Waals surface area contributed by atoms with Crippen LogP contribution in [0.15, 0.2) is 47.4 Å². The quantitative estimate of drug-likeness (QED) is 0.544. The number of rotatable bonds is 11. The zero-order valence-electron chi connectivity index (χ0n) is 17.7. The molecule has 9 heteroatoms. The van der Waals surface area contributed by atoms with Gasteiger partial charge in [0.25, 0.3) is 0 Å². The van der Waals surface area contributed by atoms with E-state index in [1.807, 2.05) is 31.2 Å². The van der Waals surface area contributed by atoms with Crippen molar-refractivity contribution < 1.29 is 27.4 Å². The molecule has 0 aliphatic rings. The zero-order chi connectivity index (χ0) is 22.1. The average molecular weight is 437 g/mol. The Hall–Kier alpha value is -2.78. The van der Waals surface area contributed by atoms with Crippen molar-refractivity contribution in [3.8, 4) is 17.2 Å². The van der Waals surface area contributed by atoms with E-state index in [2.05, 4.69) is 5.32 Å².